The van der Waals surface area contributed by atoms with E-state index >= 15 is 0 Å². The Labute approximate surface area is 232 Å². The molecule has 0 fully saturated rings. The van der Waals surface area contributed by atoms with Gasteiger partial charge in [0.05, 0.1) is 12.2 Å². The van der Waals surface area contributed by atoms with Gasteiger partial charge in [-0.25, -0.2) is 9.78 Å². The summed E-state index contributed by atoms with van der Waals surface area (Å²) in [5.41, 5.74) is 6.23. The summed E-state index contributed by atoms with van der Waals surface area (Å²) in [6.07, 6.45) is 3.18. The van der Waals surface area contributed by atoms with Crippen LogP contribution in [0.5, 0.6) is 0 Å². The number of nitrogens with one attached hydrogen (secondary N) is 1. The highest BCUT2D eigenvalue weighted by molar-refractivity contribution is 5.80. The summed E-state index contributed by atoms with van der Waals surface area (Å²) in [4.78, 5) is 33.1. The molecule has 0 spiro atoms. The molecule has 3 aromatic carbocycles. The zero-order chi connectivity index (χ0) is 27.9. The number of hydrogen-bond donors (Lipinski definition) is 1. The van der Waals surface area contributed by atoms with E-state index in [-0.39, 0.29) is 12.2 Å². The van der Waals surface area contributed by atoms with Crippen molar-refractivity contribution >= 4 is 0 Å². The normalized spacial score (nSPS) is 11.2. The van der Waals surface area contributed by atoms with E-state index in [4.69, 9.17) is 14.2 Å². The fraction of sp³-hybridized carbons (Fsp3) is 0.250. The van der Waals surface area contributed by atoms with Crippen LogP contribution in [0.15, 0.2) is 93.0 Å². The molecule has 8 nitrogen and oxygen atoms in total. The first-order valence-electron chi connectivity index (χ1n) is 13.5. The van der Waals surface area contributed by atoms with E-state index in [2.05, 4.69) is 17.1 Å². The number of H-pyrrole nitrogens is 1. The summed E-state index contributed by atoms with van der Waals surface area (Å²) < 4.78 is 11.9. The standard InChI is InChI=1S/C32H32N4O4/c1-3-4-14-28-27(31(37)36(29(33-28)21-39-2)20-23-10-6-5-7-11-23)19-22-15-17-24(18-16-22)25-12-8-9-13-26(25)30-34-32(38)40-35-30/h5-13,15-18H,3-4,14,19-21H2,1-2H3,(H,34,35,38). The van der Waals surface area contributed by atoms with E-state index in [0.29, 0.717) is 24.6 Å². The molecule has 2 aromatic heterocycles. The molecule has 204 valence electrons. The molecule has 0 aliphatic rings. The maximum absolute atomic E-state index is 14.0. The first-order valence-corrected chi connectivity index (χ1v) is 13.5. The lowest BCUT2D eigenvalue weighted by atomic mass is 9.96. The van der Waals surface area contributed by atoms with Crippen molar-refractivity contribution < 1.29 is 9.26 Å². The number of aromatic nitrogens is 4. The van der Waals surface area contributed by atoms with Crippen LogP contribution in [0.2, 0.25) is 0 Å². The molecule has 5 aromatic rings. The van der Waals surface area contributed by atoms with Crippen LogP contribution in [0.3, 0.4) is 0 Å². The largest absolute Gasteiger partial charge is 0.439 e. The minimum atomic E-state index is -0.595. The second-order valence-corrected chi connectivity index (χ2v) is 9.73. The van der Waals surface area contributed by atoms with Gasteiger partial charge >= 0.3 is 5.76 Å². The van der Waals surface area contributed by atoms with Gasteiger partial charge in [-0.1, -0.05) is 97.4 Å². The molecular formula is C32H32N4O4. The summed E-state index contributed by atoms with van der Waals surface area (Å²) in [7, 11) is 1.62. The molecule has 0 saturated carbocycles. The van der Waals surface area contributed by atoms with Crippen molar-refractivity contribution in [3.8, 4) is 22.5 Å². The second-order valence-electron chi connectivity index (χ2n) is 9.73. The highest BCUT2D eigenvalue weighted by Gasteiger charge is 2.18. The Morgan fingerprint density at radius 2 is 1.62 bits per heavy atom. The van der Waals surface area contributed by atoms with Gasteiger partial charge in [0.1, 0.15) is 12.4 Å². The Morgan fingerprint density at radius 3 is 2.30 bits per heavy atom. The van der Waals surface area contributed by atoms with E-state index < -0.39 is 5.76 Å². The molecule has 0 saturated heterocycles. The smallest absolute Gasteiger partial charge is 0.377 e. The van der Waals surface area contributed by atoms with Crippen LogP contribution in [0.1, 0.15) is 48.0 Å². The lowest BCUT2D eigenvalue weighted by Gasteiger charge is -2.17. The van der Waals surface area contributed by atoms with Gasteiger partial charge in [0.2, 0.25) is 0 Å². The summed E-state index contributed by atoms with van der Waals surface area (Å²) in [5.74, 6) is 0.428. The van der Waals surface area contributed by atoms with E-state index in [9.17, 15) is 9.59 Å². The van der Waals surface area contributed by atoms with Crippen LogP contribution >= 0.6 is 0 Å². The average Bonchev–Trinajstić information content (AvgIpc) is 3.42. The van der Waals surface area contributed by atoms with Gasteiger partial charge in [0.15, 0.2) is 5.82 Å². The highest BCUT2D eigenvalue weighted by Crippen LogP contribution is 2.30. The lowest BCUT2D eigenvalue weighted by molar-refractivity contribution is 0.172. The quantitative estimate of drug-likeness (QED) is 0.243. The predicted molar refractivity (Wildman–Crippen MR) is 154 cm³/mol. The minimum Gasteiger partial charge on any atom is -0.377 e. The number of hydrogen-bond acceptors (Lipinski definition) is 6. The fourth-order valence-corrected chi connectivity index (χ4v) is 4.88. The summed E-state index contributed by atoms with van der Waals surface area (Å²) >= 11 is 0. The first kappa shape index (κ1) is 27.0. The number of aryl methyl sites for hydroxylation is 1. The molecule has 0 aliphatic carbocycles. The van der Waals surface area contributed by atoms with E-state index in [0.717, 1.165) is 58.3 Å². The number of aromatic amines is 1. The number of rotatable bonds is 11. The van der Waals surface area contributed by atoms with E-state index in [1.54, 1.807) is 11.7 Å². The third-order valence-corrected chi connectivity index (χ3v) is 6.92. The van der Waals surface area contributed by atoms with Crippen molar-refractivity contribution in [2.24, 2.45) is 0 Å². The lowest BCUT2D eigenvalue weighted by Crippen LogP contribution is -2.31. The van der Waals surface area contributed by atoms with Gasteiger partial charge in [0.25, 0.3) is 5.56 Å². The SMILES string of the molecule is CCCCc1nc(COC)n(Cc2ccccc2)c(=O)c1Cc1ccc(-c2ccccc2-c2noc(=O)[nH]2)cc1. The molecule has 0 unspecified atom stereocenters. The Kier molecular flexibility index (Phi) is 8.47. The van der Waals surface area contributed by atoms with Crippen LogP contribution in [-0.4, -0.2) is 26.8 Å². The molecule has 0 aliphatic heterocycles. The number of nitrogens with zero attached hydrogens (tertiary/aromatic N) is 3. The number of unbranched alkanes of at least 4 members (excludes halogenated alkanes) is 1. The third kappa shape index (κ3) is 6.02. The first-order chi connectivity index (χ1) is 19.6. The average molecular weight is 537 g/mol. The van der Waals surface area contributed by atoms with Gasteiger partial charge in [-0.15, -0.1) is 0 Å². The van der Waals surface area contributed by atoms with E-state index in [1.807, 2.05) is 78.9 Å². The summed E-state index contributed by atoms with van der Waals surface area (Å²) in [6, 6.07) is 25.7. The number of methoxy groups -OCH3 is 1. The summed E-state index contributed by atoms with van der Waals surface area (Å²) in [6.45, 7) is 2.84. The Hall–Kier alpha value is -4.56. The molecule has 0 radical (unpaired) electrons. The molecule has 8 heteroatoms. The van der Waals surface area contributed by atoms with Gasteiger partial charge < -0.3 is 4.74 Å². The molecule has 0 atom stereocenters. The predicted octanol–water partition coefficient (Wildman–Crippen LogP) is 5.38. The minimum absolute atomic E-state index is 0.0265. The highest BCUT2D eigenvalue weighted by atomic mass is 16.5. The monoisotopic (exact) mass is 536 g/mol. The fourth-order valence-electron chi connectivity index (χ4n) is 4.88. The summed E-state index contributed by atoms with van der Waals surface area (Å²) in [5, 5.41) is 3.85. The molecular weight excluding hydrogens is 504 g/mol. The zero-order valence-electron chi connectivity index (χ0n) is 22.7. The van der Waals surface area contributed by atoms with Crippen molar-refractivity contribution in [2.75, 3.05) is 7.11 Å². The van der Waals surface area contributed by atoms with Crippen molar-refractivity contribution in [1.29, 1.82) is 0 Å². The van der Waals surface area contributed by atoms with Gasteiger partial charge in [-0.3, -0.25) is 18.9 Å². The maximum atomic E-state index is 14.0. The Balaban J connectivity index is 1.50. The number of ether oxygens (including phenoxy) is 1. The van der Waals surface area contributed by atoms with Gasteiger partial charge in [-0.05, 0) is 35.1 Å². The van der Waals surface area contributed by atoms with Crippen molar-refractivity contribution in [2.45, 2.75) is 45.8 Å². The molecule has 0 bridgehead atoms. The Bertz CT molecular complexity index is 1690. The zero-order valence-corrected chi connectivity index (χ0v) is 22.7. The molecule has 40 heavy (non-hydrogen) atoms. The molecule has 2 heterocycles. The van der Waals surface area contributed by atoms with Crippen LogP contribution < -0.4 is 11.3 Å². The maximum Gasteiger partial charge on any atom is 0.439 e. The van der Waals surface area contributed by atoms with E-state index in [1.165, 1.54) is 0 Å². The third-order valence-electron chi connectivity index (χ3n) is 6.92. The van der Waals surface area contributed by atoms with Crippen LogP contribution in [-0.2, 0) is 30.7 Å². The molecule has 1 N–H and O–H groups in total. The topological polar surface area (TPSA) is 103 Å². The van der Waals surface area contributed by atoms with Crippen LogP contribution in [0, 0.1) is 0 Å². The van der Waals surface area contributed by atoms with Crippen molar-refractivity contribution in [3.05, 3.63) is 128 Å². The molecule has 0 amide bonds. The van der Waals surface area contributed by atoms with Gasteiger partial charge in [0, 0.05) is 24.7 Å². The second kappa shape index (κ2) is 12.5. The number of benzene rings is 3. The Morgan fingerprint density at radius 1 is 0.900 bits per heavy atom. The van der Waals surface area contributed by atoms with Gasteiger partial charge in [-0.2, -0.15) is 0 Å². The van der Waals surface area contributed by atoms with Crippen molar-refractivity contribution in [3.63, 3.8) is 0 Å². The van der Waals surface area contributed by atoms with Crippen LogP contribution in [0.25, 0.3) is 22.5 Å². The van der Waals surface area contributed by atoms with Crippen LogP contribution in [0.4, 0.5) is 0 Å². The van der Waals surface area contributed by atoms with Crippen molar-refractivity contribution in [1.82, 2.24) is 19.7 Å². The molecule has 5 rings (SSSR count).